The molecule has 1 unspecified atom stereocenters. The summed E-state index contributed by atoms with van der Waals surface area (Å²) >= 11 is 6.00. The van der Waals surface area contributed by atoms with E-state index < -0.39 is 11.4 Å². The van der Waals surface area contributed by atoms with E-state index in [-0.39, 0.29) is 17.3 Å². The van der Waals surface area contributed by atoms with Gasteiger partial charge in [-0.05, 0) is 47.7 Å². The third-order valence-electron chi connectivity index (χ3n) is 3.91. The van der Waals surface area contributed by atoms with Gasteiger partial charge in [-0.2, -0.15) is 0 Å². The fraction of sp³-hybridized carbons (Fsp3) is 0.250. The molecule has 0 heterocycles. The molecule has 2 aromatic carbocycles. The molecule has 3 rings (SSSR count). The number of fused-ring (bicyclic) bond motifs is 1. The molecule has 1 atom stereocenters. The van der Waals surface area contributed by atoms with Crippen molar-refractivity contribution in [3.63, 3.8) is 0 Å². The van der Waals surface area contributed by atoms with Crippen molar-refractivity contribution in [2.75, 3.05) is 0 Å². The lowest BCUT2D eigenvalue weighted by molar-refractivity contribution is 0.0389. The average molecular weight is 295 g/mol. The number of benzene rings is 2. The fourth-order valence-corrected chi connectivity index (χ4v) is 3.11. The summed E-state index contributed by atoms with van der Waals surface area (Å²) in [6, 6.07) is 8.83. The minimum atomic E-state index is -1.14. The van der Waals surface area contributed by atoms with Crippen molar-refractivity contribution in [3.05, 3.63) is 69.7 Å². The lowest BCUT2D eigenvalue weighted by Crippen LogP contribution is -2.25. The van der Waals surface area contributed by atoms with Crippen molar-refractivity contribution in [2.45, 2.75) is 24.9 Å². The molecule has 0 bridgehead atoms. The molecule has 0 saturated carbocycles. The predicted molar refractivity (Wildman–Crippen MR) is 73.7 cm³/mol. The number of halogens is 3. The van der Waals surface area contributed by atoms with Gasteiger partial charge in [0.2, 0.25) is 0 Å². The van der Waals surface area contributed by atoms with Gasteiger partial charge in [0, 0.05) is 11.4 Å². The molecular formula is C16H13ClF2O. The summed E-state index contributed by atoms with van der Waals surface area (Å²) in [5.41, 5.74) is 0.692. The Labute approximate surface area is 120 Å². The molecular weight excluding hydrogens is 282 g/mol. The number of rotatable bonds is 2. The molecule has 0 spiro atoms. The Morgan fingerprint density at radius 2 is 2.00 bits per heavy atom. The fourth-order valence-electron chi connectivity index (χ4n) is 2.88. The highest BCUT2D eigenvalue weighted by Crippen LogP contribution is 2.41. The Morgan fingerprint density at radius 3 is 2.75 bits per heavy atom. The maximum atomic E-state index is 13.7. The second-order valence-corrected chi connectivity index (χ2v) is 5.62. The van der Waals surface area contributed by atoms with E-state index in [4.69, 9.17) is 11.6 Å². The van der Waals surface area contributed by atoms with Crippen LogP contribution < -0.4 is 0 Å². The predicted octanol–water partition coefficient (Wildman–Crippen LogP) is 3.99. The maximum Gasteiger partial charge on any atom is 0.126 e. The van der Waals surface area contributed by atoms with Crippen LogP contribution in [0, 0.1) is 11.6 Å². The highest BCUT2D eigenvalue weighted by atomic mass is 35.5. The van der Waals surface area contributed by atoms with Crippen molar-refractivity contribution in [2.24, 2.45) is 0 Å². The van der Waals surface area contributed by atoms with Crippen molar-refractivity contribution in [1.29, 1.82) is 0 Å². The van der Waals surface area contributed by atoms with E-state index in [0.717, 1.165) is 0 Å². The second kappa shape index (κ2) is 4.83. The Hall–Kier alpha value is -1.45. The van der Waals surface area contributed by atoms with Gasteiger partial charge in [-0.25, -0.2) is 8.78 Å². The Kier molecular flexibility index (Phi) is 3.27. The first kappa shape index (κ1) is 13.5. The summed E-state index contributed by atoms with van der Waals surface area (Å²) in [5, 5.41) is 11.1. The summed E-state index contributed by atoms with van der Waals surface area (Å²) in [5.74, 6) is -0.702. The quantitative estimate of drug-likeness (QED) is 0.888. The van der Waals surface area contributed by atoms with Crippen LogP contribution in [0.5, 0.6) is 0 Å². The topological polar surface area (TPSA) is 20.2 Å². The standard InChI is InChI=1S/C16H13ClF2O/c17-14-8-11(18)5-4-10(14)9-16(20)7-6-12-13(16)2-1-3-15(12)19/h1-5,8,20H,6-7,9H2. The Morgan fingerprint density at radius 1 is 1.20 bits per heavy atom. The van der Waals surface area contributed by atoms with Crippen LogP contribution >= 0.6 is 11.6 Å². The number of hydrogen-bond acceptors (Lipinski definition) is 1. The third kappa shape index (κ3) is 2.21. The van der Waals surface area contributed by atoms with Crippen LogP contribution in [-0.2, 0) is 18.4 Å². The summed E-state index contributed by atoms with van der Waals surface area (Å²) in [4.78, 5) is 0. The van der Waals surface area contributed by atoms with Gasteiger partial charge in [-0.15, -0.1) is 0 Å². The van der Waals surface area contributed by atoms with Gasteiger partial charge >= 0.3 is 0 Å². The zero-order valence-electron chi connectivity index (χ0n) is 10.7. The van der Waals surface area contributed by atoms with Crippen molar-refractivity contribution < 1.29 is 13.9 Å². The van der Waals surface area contributed by atoms with E-state index in [2.05, 4.69) is 0 Å². The van der Waals surface area contributed by atoms with Crippen LogP contribution in [0.4, 0.5) is 8.78 Å². The average Bonchev–Trinajstić information content (AvgIpc) is 2.73. The molecule has 2 aromatic rings. The second-order valence-electron chi connectivity index (χ2n) is 5.21. The van der Waals surface area contributed by atoms with Crippen LogP contribution in [0.25, 0.3) is 0 Å². The Bertz CT molecular complexity index is 672. The molecule has 0 saturated heterocycles. The van der Waals surface area contributed by atoms with E-state index in [1.54, 1.807) is 18.2 Å². The summed E-state index contributed by atoms with van der Waals surface area (Å²) in [6.45, 7) is 0. The van der Waals surface area contributed by atoms with E-state index in [0.29, 0.717) is 29.5 Å². The molecule has 0 amide bonds. The van der Waals surface area contributed by atoms with Gasteiger partial charge in [-0.3, -0.25) is 0 Å². The molecule has 1 N–H and O–H groups in total. The van der Waals surface area contributed by atoms with E-state index in [1.807, 2.05) is 0 Å². The zero-order chi connectivity index (χ0) is 14.3. The van der Waals surface area contributed by atoms with Gasteiger partial charge < -0.3 is 5.11 Å². The summed E-state index contributed by atoms with van der Waals surface area (Å²) < 4.78 is 26.8. The largest absolute Gasteiger partial charge is 0.385 e. The molecule has 104 valence electrons. The van der Waals surface area contributed by atoms with Crippen LogP contribution in [0.1, 0.15) is 23.1 Å². The number of hydrogen-bond donors (Lipinski definition) is 1. The molecule has 1 nitrogen and oxygen atoms in total. The van der Waals surface area contributed by atoms with Crippen LogP contribution in [0.15, 0.2) is 36.4 Å². The van der Waals surface area contributed by atoms with Gasteiger partial charge in [-0.1, -0.05) is 29.8 Å². The lowest BCUT2D eigenvalue weighted by Gasteiger charge is -2.24. The first-order chi connectivity index (χ1) is 9.49. The van der Waals surface area contributed by atoms with Crippen molar-refractivity contribution >= 4 is 11.6 Å². The summed E-state index contributed by atoms with van der Waals surface area (Å²) in [7, 11) is 0. The lowest BCUT2D eigenvalue weighted by atomic mass is 9.88. The van der Waals surface area contributed by atoms with E-state index >= 15 is 0 Å². The van der Waals surface area contributed by atoms with E-state index in [1.165, 1.54) is 18.2 Å². The molecule has 20 heavy (non-hydrogen) atoms. The highest BCUT2D eigenvalue weighted by molar-refractivity contribution is 6.31. The van der Waals surface area contributed by atoms with Crippen LogP contribution in [0.2, 0.25) is 5.02 Å². The van der Waals surface area contributed by atoms with Crippen LogP contribution in [0.3, 0.4) is 0 Å². The van der Waals surface area contributed by atoms with Crippen LogP contribution in [-0.4, -0.2) is 5.11 Å². The monoisotopic (exact) mass is 294 g/mol. The first-order valence-corrected chi connectivity index (χ1v) is 6.81. The normalized spacial score (nSPS) is 21.0. The molecule has 0 radical (unpaired) electrons. The molecule has 4 heteroatoms. The Balaban J connectivity index is 1.98. The third-order valence-corrected chi connectivity index (χ3v) is 4.26. The van der Waals surface area contributed by atoms with Crippen molar-refractivity contribution in [3.8, 4) is 0 Å². The zero-order valence-corrected chi connectivity index (χ0v) is 11.4. The molecule has 0 fully saturated rings. The van der Waals surface area contributed by atoms with Gasteiger partial charge in [0.05, 0.1) is 5.60 Å². The van der Waals surface area contributed by atoms with Gasteiger partial charge in [0.15, 0.2) is 0 Å². The van der Waals surface area contributed by atoms with Gasteiger partial charge in [0.1, 0.15) is 11.6 Å². The smallest absolute Gasteiger partial charge is 0.126 e. The minimum absolute atomic E-state index is 0.253. The maximum absolute atomic E-state index is 13.7. The molecule has 0 aromatic heterocycles. The summed E-state index contributed by atoms with van der Waals surface area (Å²) in [6.07, 6.45) is 1.19. The molecule has 0 aliphatic heterocycles. The SMILES string of the molecule is OC1(Cc2ccc(F)cc2Cl)CCc2c(F)cccc21. The minimum Gasteiger partial charge on any atom is -0.385 e. The van der Waals surface area contributed by atoms with Gasteiger partial charge in [0.25, 0.3) is 0 Å². The first-order valence-electron chi connectivity index (χ1n) is 6.44. The number of aliphatic hydroxyl groups is 1. The van der Waals surface area contributed by atoms with Crippen molar-refractivity contribution in [1.82, 2.24) is 0 Å². The molecule has 1 aliphatic rings. The highest BCUT2D eigenvalue weighted by Gasteiger charge is 2.38. The van der Waals surface area contributed by atoms with E-state index in [9.17, 15) is 13.9 Å². The molecule has 1 aliphatic carbocycles.